The Kier molecular flexibility index (Phi) is 21.8. The van der Waals surface area contributed by atoms with E-state index in [1.54, 1.807) is 12.1 Å². The van der Waals surface area contributed by atoms with Crippen molar-refractivity contribution in [2.45, 2.75) is 25.2 Å². The average molecular weight is 1250 g/mol. The quantitative estimate of drug-likeness (QED) is 0.0263. The zero-order valence-electron chi connectivity index (χ0n) is 45.0. The molecule has 2 aromatic heterocycles. The van der Waals surface area contributed by atoms with E-state index >= 15 is 0 Å². The van der Waals surface area contributed by atoms with Gasteiger partial charge in [0.15, 0.2) is 10.3 Å². The van der Waals surface area contributed by atoms with E-state index in [2.05, 4.69) is 31.2 Å². The van der Waals surface area contributed by atoms with Crippen LogP contribution >= 0.6 is 22.7 Å². The summed E-state index contributed by atoms with van der Waals surface area (Å²) in [7, 11) is 0. The van der Waals surface area contributed by atoms with Crippen LogP contribution in [0, 0.1) is 34.3 Å². The molecule has 0 unspecified atom stereocenters. The summed E-state index contributed by atoms with van der Waals surface area (Å²) in [5, 5.41) is 30.3. The number of fused-ring (bicyclic) bond motifs is 2. The van der Waals surface area contributed by atoms with Gasteiger partial charge < -0.3 is 43.8 Å². The van der Waals surface area contributed by atoms with Crippen molar-refractivity contribution in [3.05, 3.63) is 154 Å². The Labute approximate surface area is 496 Å². The van der Waals surface area contributed by atoms with Crippen molar-refractivity contribution in [2.24, 2.45) is 0 Å². The first kappa shape index (κ1) is 63.8. The molecule has 0 saturated carbocycles. The molecular formula is C58H46F8N8O11S2. The van der Waals surface area contributed by atoms with Gasteiger partial charge in [-0.3, -0.25) is 29.8 Å². The number of nitrogens with zero attached hydrogens (tertiary/aromatic N) is 4. The highest BCUT2D eigenvalue weighted by atomic mass is 32.1. The van der Waals surface area contributed by atoms with Crippen molar-refractivity contribution < 1.29 is 87.5 Å². The van der Waals surface area contributed by atoms with Crippen LogP contribution in [-0.4, -0.2) is 99.7 Å². The number of halogens is 8. The lowest BCUT2D eigenvalue weighted by molar-refractivity contribution is -0.138. The second-order valence-corrected chi connectivity index (χ2v) is 20.2. The van der Waals surface area contributed by atoms with Crippen LogP contribution in [0.4, 0.5) is 56.8 Å². The van der Waals surface area contributed by atoms with Gasteiger partial charge in [-0.05, 0) is 71.8 Å². The molecule has 8 rings (SSSR count). The molecule has 452 valence electrons. The maximum Gasteiger partial charge on any atom is 0.416 e. The monoisotopic (exact) mass is 1250 g/mol. The van der Waals surface area contributed by atoms with Gasteiger partial charge in [0.25, 0.3) is 11.8 Å². The number of alkyl halides is 6. The molecule has 87 heavy (non-hydrogen) atoms. The number of benzene rings is 6. The maximum atomic E-state index is 14.7. The first-order valence-corrected chi connectivity index (χ1v) is 27.4. The van der Waals surface area contributed by atoms with Crippen LogP contribution < -0.4 is 30.7 Å². The van der Waals surface area contributed by atoms with Crippen molar-refractivity contribution >= 4 is 88.4 Å². The van der Waals surface area contributed by atoms with Crippen LogP contribution in [0.2, 0.25) is 0 Å². The molecule has 0 saturated heterocycles. The molecule has 0 aliphatic heterocycles. The lowest BCUT2D eigenvalue weighted by Crippen LogP contribution is -2.20. The highest BCUT2D eigenvalue weighted by molar-refractivity contribution is 7.23. The van der Waals surface area contributed by atoms with E-state index in [4.69, 9.17) is 33.2 Å². The SMILES string of the molecule is N#Cc1c(Oc2ccc(F)c(NC(=O)Cc3cccc(C(F)(F)F)c3)c2)ccc2nc(NC(=O)COCCOCCOCCOCCOCC(=O)Nc3nc4ccc(Oc5ccc(F)c(NC(=O)Cc6cccc(C(F)(F)F)c6)c5)c(C#N)c4s3)sc12. The number of hydrogen-bond donors (Lipinski definition) is 4. The fraction of sp³-hybridized carbons (Fsp3) is 0.241. The maximum absolute atomic E-state index is 14.7. The summed E-state index contributed by atoms with van der Waals surface area (Å²) in [5.74, 6) is -4.13. The van der Waals surface area contributed by atoms with Gasteiger partial charge in [0, 0.05) is 12.1 Å². The number of anilines is 4. The Morgan fingerprint density at radius 2 is 0.851 bits per heavy atom. The summed E-state index contributed by atoms with van der Waals surface area (Å²) in [5.41, 5.74) is -1.51. The van der Waals surface area contributed by atoms with Crippen molar-refractivity contribution in [1.82, 2.24) is 9.97 Å². The molecule has 0 aliphatic carbocycles. The second-order valence-electron chi connectivity index (χ2n) is 18.2. The number of rotatable bonds is 28. The molecule has 4 amide bonds. The van der Waals surface area contributed by atoms with E-state index in [0.717, 1.165) is 83.3 Å². The van der Waals surface area contributed by atoms with E-state index in [-0.39, 0.29) is 133 Å². The largest absolute Gasteiger partial charge is 0.456 e. The number of nitrogens with one attached hydrogen (secondary N) is 4. The average Bonchev–Trinajstić information content (AvgIpc) is 2.88. The van der Waals surface area contributed by atoms with Gasteiger partial charge in [-0.2, -0.15) is 36.9 Å². The van der Waals surface area contributed by atoms with Gasteiger partial charge in [0.2, 0.25) is 11.8 Å². The molecule has 19 nitrogen and oxygen atoms in total. The number of carbonyl (C=O) groups excluding carboxylic acids is 4. The first-order chi connectivity index (χ1) is 41.7. The number of thiazole rings is 2. The summed E-state index contributed by atoms with van der Waals surface area (Å²) in [6, 6.07) is 25.3. The number of ether oxygens (including phenoxy) is 7. The van der Waals surface area contributed by atoms with Crippen LogP contribution in [0.3, 0.4) is 0 Å². The van der Waals surface area contributed by atoms with Crippen molar-refractivity contribution in [3.63, 3.8) is 0 Å². The fourth-order valence-electron chi connectivity index (χ4n) is 7.91. The Morgan fingerprint density at radius 3 is 1.22 bits per heavy atom. The lowest BCUT2D eigenvalue weighted by atomic mass is 10.1. The molecule has 0 atom stereocenters. The van der Waals surface area contributed by atoms with Gasteiger partial charge in [-0.1, -0.05) is 59.1 Å². The van der Waals surface area contributed by atoms with Crippen LogP contribution in [0.1, 0.15) is 33.4 Å². The lowest BCUT2D eigenvalue weighted by Gasteiger charge is -2.12. The third kappa shape index (κ3) is 18.4. The summed E-state index contributed by atoms with van der Waals surface area (Å²) in [6.07, 6.45) is -10.1. The zero-order chi connectivity index (χ0) is 62.1. The molecule has 0 radical (unpaired) electrons. The number of carbonyl (C=O) groups is 4. The van der Waals surface area contributed by atoms with E-state index in [1.165, 1.54) is 36.4 Å². The third-order valence-corrected chi connectivity index (χ3v) is 13.8. The molecule has 6 aromatic carbocycles. The van der Waals surface area contributed by atoms with Gasteiger partial charge in [0.05, 0.1) is 109 Å². The van der Waals surface area contributed by atoms with Crippen molar-refractivity contribution in [3.8, 4) is 35.1 Å². The summed E-state index contributed by atoms with van der Waals surface area (Å²) >= 11 is 1.99. The number of hydrogen-bond acceptors (Lipinski definition) is 17. The topological polar surface area (TPSA) is 254 Å². The highest BCUT2D eigenvalue weighted by Crippen LogP contribution is 2.39. The van der Waals surface area contributed by atoms with Crippen LogP contribution in [0.15, 0.2) is 109 Å². The standard InChI is InChI=1S/C58H46F8N8O11S2/c59-41-9-7-37(27-45(41)69-49(75)25-33-3-1-5-35(23-33)57(61,62)63)84-47-13-11-43-53(39(47)29-67)86-55(71-43)73-51(77)31-82-21-19-80-17-15-79-16-18-81-20-22-83-32-52(78)74-56-72-44-12-14-48(40(30-68)54(44)87-56)85-38-8-10-42(60)46(28-38)70-50(76)26-34-4-2-6-36(24-34)58(64,65)66/h1-14,23-24,27-28H,15-22,25-26,31-32H2,(H,69,75)(H,70,76)(H,71,73,77)(H,72,74,78). The normalized spacial score (nSPS) is 11.5. The molecule has 29 heteroatoms. The van der Waals surface area contributed by atoms with Crippen LogP contribution in [0.25, 0.3) is 20.4 Å². The molecule has 2 heterocycles. The van der Waals surface area contributed by atoms with Gasteiger partial charge in [0.1, 0.15) is 71.1 Å². The minimum Gasteiger partial charge on any atom is -0.456 e. The number of nitriles is 2. The summed E-state index contributed by atoms with van der Waals surface area (Å²) in [6.45, 7) is 0.704. The smallest absolute Gasteiger partial charge is 0.416 e. The molecule has 0 aliphatic rings. The molecule has 0 fully saturated rings. The number of aromatic nitrogens is 2. The van der Waals surface area contributed by atoms with Crippen molar-refractivity contribution in [2.75, 3.05) is 87.3 Å². The van der Waals surface area contributed by atoms with Gasteiger partial charge >= 0.3 is 12.4 Å². The summed E-state index contributed by atoms with van der Waals surface area (Å²) < 4.78 is 148. The van der Waals surface area contributed by atoms with Gasteiger partial charge in [-0.15, -0.1) is 0 Å². The predicted octanol–water partition coefficient (Wildman–Crippen LogP) is 11.6. The predicted molar refractivity (Wildman–Crippen MR) is 301 cm³/mol. The molecule has 0 spiro atoms. The Morgan fingerprint density at radius 1 is 0.471 bits per heavy atom. The van der Waals surface area contributed by atoms with E-state index < -0.39 is 71.6 Å². The Hall–Kier alpha value is -9.20. The van der Waals surface area contributed by atoms with E-state index in [0.29, 0.717) is 20.4 Å². The van der Waals surface area contributed by atoms with Crippen LogP contribution in [-0.2, 0) is 68.1 Å². The van der Waals surface area contributed by atoms with Crippen LogP contribution in [0.5, 0.6) is 23.0 Å². The Balaban J connectivity index is 0.665. The molecule has 0 bridgehead atoms. The molecule has 8 aromatic rings. The summed E-state index contributed by atoms with van der Waals surface area (Å²) in [4.78, 5) is 59.3. The minimum atomic E-state index is -4.61. The third-order valence-electron chi connectivity index (χ3n) is 11.8. The van der Waals surface area contributed by atoms with E-state index in [9.17, 15) is 64.8 Å². The molecule has 4 N–H and O–H groups in total. The Bertz CT molecular complexity index is 3640. The second kappa shape index (κ2) is 29.7. The zero-order valence-corrected chi connectivity index (χ0v) is 46.6. The minimum absolute atomic E-state index is 0.0280. The highest BCUT2D eigenvalue weighted by Gasteiger charge is 2.32. The number of amides is 4. The van der Waals surface area contributed by atoms with Gasteiger partial charge in [-0.25, -0.2) is 18.7 Å². The van der Waals surface area contributed by atoms with Crippen molar-refractivity contribution in [1.29, 1.82) is 10.5 Å². The fourth-order valence-corrected chi connectivity index (χ4v) is 9.85. The molecular weight excluding hydrogens is 1200 g/mol. The van der Waals surface area contributed by atoms with E-state index in [1.807, 2.05) is 12.1 Å². The first-order valence-electron chi connectivity index (χ1n) is 25.8.